The van der Waals surface area contributed by atoms with Crippen LogP contribution in [0.3, 0.4) is 0 Å². The molecule has 2 nitrogen and oxygen atoms in total. The van der Waals surface area contributed by atoms with Crippen molar-refractivity contribution in [3.63, 3.8) is 0 Å². The average Bonchev–Trinajstić information content (AvgIpc) is 2.62. The van der Waals surface area contributed by atoms with Gasteiger partial charge >= 0.3 is 8.72 Å². The van der Waals surface area contributed by atoms with Gasteiger partial charge in [-0.3, -0.25) is 9.97 Å². The van der Waals surface area contributed by atoms with E-state index in [4.69, 9.17) is 0 Å². The molecule has 0 bridgehead atoms. The zero-order valence-electron chi connectivity index (χ0n) is 12.3. The van der Waals surface area contributed by atoms with Gasteiger partial charge in [0.15, 0.2) is 0 Å². The smallest absolute Gasteiger partial charge is 0.256 e. The monoisotopic (exact) mass is 568 g/mol. The molecule has 0 fully saturated rings. The molecule has 0 unspecified atom stereocenters. The van der Waals surface area contributed by atoms with Crippen LogP contribution in [-0.2, 0) is 0 Å². The Labute approximate surface area is 174 Å². The first-order valence-corrected chi connectivity index (χ1v) is 10.8. The predicted molar refractivity (Wildman–Crippen MR) is 119 cm³/mol. The summed E-state index contributed by atoms with van der Waals surface area (Å²) in [5.41, 5.74) is 6.25. The van der Waals surface area contributed by atoms with Gasteiger partial charge in [0.05, 0.1) is 11.4 Å². The number of halogens is 4. The maximum Gasteiger partial charge on any atom is 0.330 e. The van der Waals surface area contributed by atoms with Crippen LogP contribution in [0.1, 0.15) is 0 Å². The zero-order valence-corrected chi connectivity index (χ0v) is 18.7. The fourth-order valence-electron chi connectivity index (χ4n) is 2.48. The molecule has 3 rings (SSSR count). The summed E-state index contributed by atoms with van der Waals surface area (Å²) in [5, 5.41) is 0. The summed E-state index contributed by atoms with van der Waals surface area (Å²) in [7, 11) is 0. The van der Waals surface area contributed by atoms with Crippen molar-refractivity contribution in [2.75, 3.05) is 0 Å². The molecule has 0 atom stereocenters. The van der Waals surface area contributed by atoms with Gasteiger partial charge < -0.3 is 0 Å². The zero-order chi connectivity index (χ0) is 17.1. The van der Waals surface area contributed by atoms with E-state index in [0.29, 0.717) is 0 Å². The molecule has 118 valence electrons. The van der Waals surface area contributed by atoms with Gasteiger partial charge in [-0.2, -0.15) is 0 Å². The molecule has 0 radical (unpaired) electrons. The minimum Gasteiger partial charge on any atom is -0.256 e. The summed E-state index contributed by atoms with van der Waals surface area (Å²) in [4.78, 5) is 9.01. The Bertz CT molecular complexity index is 759. The Morgan fingerprint density at radius 2 is 1.04 bits per heavy atom. The van der Waals surface area contributed by atoms with Crippen molar-refractivity contribution < 1.29 is 0 Å². The van der Waals surface area contributed by atoms with E-state index in [2.05, 4.69) is 85.1 Å². The fraction of sp³-hybridized carbons (Fsp3) is 0. The Morgan fingerprint density at radius 1 is 0.625 bits per heavy atom. The maximum absolute atomic E-state index is 4.51. The summed E-state index contributed by atoms with van der Waals surface area (Å²) in [6.07, 6.45) is 3.62. The lowest BCUT2D eigenvalue weighted by atomic mass is 9.78. The number of nitrogens with zero attached hydrogens (tertiary/aromatic N) is 2. The molecule has 0 spiro atoms. The second-order valence-electron chi connectivity index (χ2n) is 5.06. The number of aromatic nitrogens is 2. The second kappa shape index (κ2) is 8.30. The van der Waals surface area contributed by atoms with E-state index < -0.39 is 0 Å². The van der Waals surface area contributed by atoms with Crippen molar-refractivity contribution >= 4 is 82.7 Å². The van der Waals surface area contributed by atoms with E-state index in [9.17, 15) is 0 Å². The van der Waals surface area contributed by atoms with E-state index in [-0.39, 0.29) is 8.72 Å². The molecule has 0 aliphatic rings. The molecule has 0 amide bonds. The first-order chi connectivity index (χ1) is 11.6. The number of hydrogen-bond donors (Lipinski definition) is 0. The molecule has 0 N–H and O–H groups in total. The number of benzene rings is 1. The molecule has 1 aromatic carbocycles. The summed E-state index contributed by atoms with van der Waals surface area (Å²) in [6.45, 7) is 0. The summed E-state index contributed by atoms with van der Waals surface area (Å²) in [6, 6.07) is 16.2. The SMILES string of the molecule is BrB(Br)c1cc(-c2ccccn2)c(B(Br)Br)cc1-c1ccccn1. The van der Waals surface area contributed by atoms with E-state index in [1.807, 2.05) is 48.8 Å². The van der Waals surface area contributed by atoms with E-state index in [1.54, 1.807) is 0 Å². The average molecular weight is 572 g/mol. The third-order valence-electron chi connectivity index (χ3n) is 3.57. The number of rotatable bonds is 4. The van der Waals surface area contributed by atoms with Crippen molar-refractivity contribution in [1.29, 1.82) is 0 Å². The van der Waals surface area contributed by atoms with Crippen molar-refractivity contribution in [3.8, 4) is 22.5 Å². The third-order valence-corrected chi connectivity index (χ3v) is 5.55. The van der Waals surface area contributed by atoms with Crippen LogP contribution in [0.25, 0.3) is 22.5 Å². The highest BCUT2D eigenvalue weighted by Crippen LogP contribution is 2.24. The number of hydrogen-bond acceptors (Lipinski definition) is 2. The lowest BCUT2D eigenvalue weighted by Gasteiger charge is -2.16. The molecule has 0 saturated heterocycles. The largest absolute Gasteiger partial charge is 0.330 e. The van der Waals surface area contributed by atoms with Crippen LogP contribution < -0.4 is 10.9 Å². The minimum atomic E-state index is 0.0163. The van der Waals surface area contributed by atoms with Crippen LogP contribution >= 0.6 is 63.0 Å². The van der Waals surface area contributed by atoms with Crippen LogP contribution in [0, 0.1) is 0 Å². The Balaban J connectivity index is 2.27. The van der Waals surface area contributed by atoms with Crippen LogP contribution in [0.15, 0.2) is 60.9 Å². The van der Waals surface area contributed by atoms with Crippen LogP contribution in [0.4, 0.5) is 0 Å². The minimum absolute atomic E-state index is 0.0163. The van der Waals surface area contributed by atoms with Crippen molar-refractivity contribution in [3.05, 3.63) is 60.9 Å². The lowest BCUT2D eigenvalue weighted by Crippen LogP contribution is -2.29. The Morgan fingerprint density at radius 3 is 1.33 bits per heavy atom. The van der Waals surface area contributed by atoms with Crippen LogP contribution in [0.5, 0.6) is 0 Å². The second-order valence-corrected chi connectivity index (χ2v) is 11.2. The highest BCUT2D eigenvalue weighted by molar-refractivity contribution is 9.50. The molecular formula is C16H10B2Br4N2. The summed E-state index contributed by atoms with van der Waals surface area (Å²) in [5.74, 6) is 0. The molecule has 0 aliphatic heterocycles. The van der Waals surface area contributed by atoms with Crippen molar-refractivity contribution in [2.45, 2.75) is 0 Å². The molecular weight excluding hydrogens is 561 g/mol. The molecule has 24 heavy (non-hydrogen) atoms. The molecule has 0 aliphatic carbocycles. The van der Waals surface area contributed by atoms with Gasteiger partial charge in [0, 0.05) is 12.4 Å². The van der Waals surface area contributed by atoms with E-state index in [0.717, 1.165) is 33.4 Å². The Kier molecular flexibility index (Phi) is 6.35. The quantitative estimate of drug-likeness (QED) is 0.422. The third kappa shape index (κ3) is 4.03. The normalized spacial score (nSPS) is 10.5. The Hall–Kier alpha value is -0.430. The van der Waals surface area contributed by atoms with Crippen molar-refractivity contribution in [2.24, 2.45) is 0 Å². The van der Waals surface area contributed by atoms with Crippen LogP contribution in [0.2, 0.25) is 0 Å². The fourth-order valence-corrected chi connectivity index (χ4v) is 4.00. The molecule has 8 heteroatoms. The first kappa shape index (κ1) is 18.4. The van der Waals surface area contributed by atoms with Crippen molar-refractivity contribution in [1.82, 2.24) is 9.97 Å². The first-order valence-electron chi connectivity index (χ1n) is 7.15. The van der Waals surface area contributed by atoms with Gasteiger partial charge in [0.25, 0.3) is 0 Å². The summed E-state index contributed by atoms with van der Waals surface area (Å²) >= 11 is 14.6. The highest BCUT2D eigenvalue weighted by atomic mass is 79.9. The van der Waals surface area contributed by atoms with Gasteiger partial charge in [-0.05, 0) is 46.3 Å². The van der Waals surface area contributed by atoms with Gasteiger partial charge in [-0.25, -0.2) is 0 Å². The number of pyridine rings is 2. The molecule has 2 heterocycles. The van der Waals surface area contributed by atoms with Gasteiger partial charge in [-0.15, -0.1) is 63.0 Å². The molecule has 2 aromatic heterocycles. The van der Waals surface area contributed by atoms with Gasteiger partial charge in [-0.1, -0.05) is 24.3 Å². The van der Waals surface area contributed by atoms with Gasteiger partial charge in [0.1, 0.15) is 0 Å². The lowest BCUT2D eigenvalue weighted by molar-refractivity contribution is 1.32. The molecule has 3 aromatic rings. The standard InChI is InChI=1S/C16H10B2Br4N2/c19-17(20)13-10-12(16-6-2-4-8-24-16)14(18(21)22)9-11(13)15-5-1-3-7-23-15/h1-10H. The molecule has 0 saturated carbocycles. The summed E-state index contributed by atoms with van der Waals surface area (Å²) < 4.78 is 0.0326. The van der Waals surface area contributed by atoms with E-state index in [1.165, 1.54) is 0 Å². The predicted octanol–water partition coefficient (Wildman–Crippen LogP) is 4.78. The topological polar surface area (TPSA) is 25.8 Å². The maximum atomic E-state index is 4.51. The van der Waals surface area contributed by atoms with Gasteiger partial charge in [0.2, 0.25) is 0 Å². The van der Waals surface area contributed by atoms with E-state index >= 15 is 0 Å². The highest BCUT2D eigenvalue weighted by Gasteiger charge is 2.23. The van der Waals surface area contributed by atoms with Crippen LogP contribution in [-0.4, -0.2) is 18.7 Å².